The lowest BCUT2D eigenvalue weighted by Gasteiger charge is -2.12. The molecule has 1 unspecified atom stereocenters. The van der Waals surface area contributed by atoms with Crippen molar-refractivity contribution in [1.82, 2.24) is 0 Å². The molecule has 0 bridgehead atoms. The third-order valence-electron chi connectivity index (χ3n) is 2.40. The zero-order chi connectivity index (χ0) is 11.4. The van der Waals surface area contributed by atoms with Crippen molar-refractivity contribution in [2.24, 2.45) is 0 Å². The Labute approximate surface area is 89.7 Å². The number of benzene rings is 1. The van der Waals surface area contributed by atoms with Gasteiger partial charge in [0, 0.05) is 0 Å². The number of aliphatic carboxylic acids is 1. The van der Waals surface area contributed by atoms with Gasteiger partial charge in [-0.1, -0.05) is 6.07 Å². The molecule has 0 aromatic heterocycles. The molecule has 3 nitrogen and oxygen atoms in total. The van der Waals surface area contributed by atoms with Crippen LogP contribution < -0.4 is 4.74 Å². The number of hydrogen-bond donors (Lipinski definition) is 1. The van der Waals surface area contributed by atoms with Crippen LogP contribution in [-0.4, -0.2) is 17.7 Å². The zero-order valence-corrected chi connectivity index (χ0v) is 9.28. The average molecular weight is 208 g/mol. The van der Waals surface area contributed by atoms with E-state index >= 15 is 0 Å². The summed E-state index contributed by atoms with van der Waals surface area (Å²) in [6.07, 6.45) is 0. The summed E-state index contributed by atoms with van der Waals surface area (Å²) in [4.78, 5) is 10.9. The van der Waals surface area contributed by atoms with E-state index in [1.165, 1.54) is 0 Å². The molecule has 0 aliphatic heterocycles. The van der Waals surface area contributed by atoms with Crippen LogP contribution in [0.1, 0.15) is 30.9 Å². The Morgan fingerprint density at radius 3 is 2.73 bits per heavy atom. The summed E-state index contributed by atoms with van der Waals surface area (Å²) in [5, 5.41) is 8.94. The first-order valence-electron chi connectivity index (χ1n) is 5.02. The van der Waals surface area contributed by atoms with Gasteiger partial charge in [0.05, 0.1) is 12.5 Å². The maximum Gasteiger partial charge on any atom is 0.310 e. The third-order valence-corrected chi connectivity index (χ3v) is 2.40. The van der Waals surface area contributed by atoms with Crippen LogP contribution in [0.5, 0.6) is 5.75 Å². The standard InChI is InChI=1S/C12H16O3/c1-4-15-10-6-5-8(2)11(7-10)9(3)12(13)14/h5-7,9H,4H2,1-3H3,(H,13,14). The summed E-state index contributed by atoms with van der Waals surface area (Å²) >= 11 is 0. The molecule has 0 heterocycles. The molecular weight excluding hydrogens is 192 g/mol. The van der Waals surface area contributed by atoms with Gasteiger partial charge in [-0.2, -0.15) is 0 Å². The van der Waals surface area contributed by atoms with Gasteiger partial charge in [0.2, 0.25) is 0 Å². The molecule has 0 aliphatic carbocycles. The number of hydrogen-bond acceptors (Lipinski definition) is 2. The molecule has 1 aromatic rings. The summed E-state index contributed by atoms with van der Waals surface area (Å²) in [5.74, 6) is -0.580. The molecule has 1 N–H and O–H groups in total. The van der Waals surface area contributed by atoms with Crippen LogP contribution in [0.3, 0.4) is 0 Å². The number of rotatable bonds is 4. The minimum Gasteiger partial charge on any atom is -0.494 e. The normalized spacial score (nSPS) is 12.2. The van der Waals surface area contributed by atoms with Crippen LogP contribution in [0.2, 0.25) is 0 Å². The van der Waals surface area contributed by atoms with Gasteiger partial charge in [-0.25, -0.2) is 0 Å². The molecule has 0 amide bonds. The lowest BCUT2D eigenvalue weighted by Crippen LogP contribution is -2.09. The zero-order valence-electron chi connectivity index (χ0n) is 9.28. The maximum atomic E-state index is 10.9. The first-order valence-corrected chi connectivity index (χ1v) is 5.02. The number of aryl methyl sites for hydroxylation is 1. The highest BCUT2D eigenvalue weighted by Crippen LogP contribution is 2.24. The highest BCUT2D eigenvalue weighted by atomic mass is 16.5. The van der Waals surface area contributed by atoms with Gasteiger partial charge in [-0.05, 0) is 44.0 Å². The molecule has 0 saturated heterocycles. The van der Waals surface area contributed by atoms with Crippen molar-refractivity contribution < 1.29 is 14.6 Å². The van der Waals surface area contributed by atoms with Crippen molar-refractivity contribution in [3.63, 3.8) is 0 Å². The lowest BCUT2D eigenvalue weighted by molar-refractivity contribution is -0.138. The topological polar surface area (TPSA) is 46.5 Å². The van der Waals surface area contributed by atoms with Crippen LogP contribution in [0.25, 0.3) is 0 Å². The summed E-state index contributed by atoms with van der Waals surface area (Å²) in [6, 6.07) is 5.55. The van der Waals surface area contributed by atoms with E-state index in [2.05, 4.69) is 0 Å². The Bertz CT molecular complexity index is 358. The Morgan fingerprint density at radius 1 is 1.53 bits per heavy atom. The molecule has 3 heteroatoms. The molecular formula is C12H16O3. The van der Waals surface area contributed by atoms with Crippen molar-refractivity contribution >= 4 is 5.97 Å². The van der Waals surface area contributed by atoms with Gasteiger partial charge >= 0.3 is 5.97 Å². The van der Waals surface area contributed by atoms with Gasteiger partial charge in [0.25, 0.3) is 0 Å². The van der Waals surface area contributed by atoms with E-state index in [4.69, 9.17) is 9.84 Å². The predicted molar refractivity (Wildman–Crippen MR) is 58.4 cm³/mol. The van der Waals surface area contributed by atoms with Gasteiger partial charge in [-0.3, -0.25) is 4.79 Å². The Morgan fingerprint density at radius 2 is 2.20 bits per heavy atom. The lowest BCUT2D eigenvalue weighted by atomic mass is 9.96. The van der Waals surface area contributed by atoms with Gasteiger partial charge in [-0.15, -0.1) is 0 Å². The highest BCUT2D eigenvalue weighted by Gasteiger charge is 2.16. The van der Waals surface area contributed by atoms with Gasteiger partial charge in [0.15, 0.2) is 0 Å². The van der Waals surface area contributed by atoms with Crippen LogP contribution >= 0.6 is 0 Å². The second-order valence-corrected chi connectivity index (χ2v) is 3.51. The second-order valence-electron chi connectivity index (χ2n) is 3.51. The Kier molecular flexibility index (Phi) is 3.72. The van der Waals surface area contributed by atoms with E-state index in [-0.39, 0.29) is 0 Å². The van der Waals surface area contributed by atoms with E-state index in [9.17, 15) is 4.79 Å². The fraction of sp³-hybridized carbons (Fsp3) is 0.417. The van der Waals surface area contributed by atoms with Crippen LogP contribution in [-0.2, 0) is 4.79 Å². The number of carbonyl (C=O) groups is 1. The molecule has 1 atom stereocenters. The molecule has 15 heavy (non-hydrogen) atoms. The molecule has 0 aliphatic rings. The minimum absolute atomic E-state index is 0.495. The summed E-state index contributed by atoms with van der Waals surface area (Å²) < 4.78 is 5.34. The summed E-state index contributed by atoms with van der Waals surface area (Å²) in [7, 11) is 0. The van der Waals surface area contributed by atoms with Crippen LogP contribution in [0, 0.1) is 6.92 Å². The summed E-state index contributed by atoms with van der Waals surface area (Å²) in [6.45, 7) is 6.08. The molecule has 0 fully saturated rings. The number of carboxylic acids is 1. The van der Waals surface area contributed by atoms with Crippen molar-refractivity contribution in [3.05, 3.63) is 29.3 Å². The fourth-order valence-corrected chi connectivity index (χ4v) is 1.47. The Balaban J connectivity index is 3.04. The largest absolute Gasteiger partial charge is 0.494 e. The second kappa shape index (κ2) is 4.82. The van der Waals surface area contributed by atoms with Crippen molar-refractivity contribution in [3.8, 4) is 5.75 Å². The minimum atomic E-state index is -0.813. The summed E-state index contributed by atoms with van der Waals surface area (Å²) in [5.41, 5.74) is 1.79. The van der Waals surface area contributed by atoms with Gasteiger partial charge < -0.3 is 9.84 Å². The smallest absolute Gasteiger partial charge is 0.310 e. The first kappa shape index (κ1) is 11.6. The van der Waals surface area contributed by atoms with Crippen molar-refractivity contribution in [1.29, 1.82) is 0 Å². The van der Waals surface area contributed by atoms with E-state index in [1.54, 1.807) is 13.0 Å². The fourth-order valence-electron chi connectivity index (χ4n) is 1.47. The molecule has 0 spiro atoms. The molecule has 1 rings (SSSR count). The van der Waals surface area contributed by atoms with E-state index in [0.717, 1.165) is 16.9 Å². The van der Waals surface area contributed by atoms with Crippen molar-refractivity contribution in [2.75, 3.05) is 6.61 Å². The van der Waals surface area contributed by atoms with E-state index < -0.39 is 11.9 Å². The molecule has 82 valence electrons. The first-order chi connectivity index (χ1) is 7.06. The maximum absolute atomic E-state index is 10.9. The molecule has 0 radical (unpaired) electrons. The van der Waals surface area contributed by atoms with Gasteiger partial charge in [0.1, 0.15) is 5.75 Å². The van der Waals surface area contributed by atoms with Crippen molar-refractivity contribution in [2.45, 2.75) is 26.7 Å². The van der Waals surface area contributed by atoms with Crippen LogP contribution in [0.4, 0.5) is 0 Å². The SMILES string of the molecule is CCOc1ccc(C)c(C(C)C(=O)O)c1. The Hall–Kier alpha value is -1.51. The number of ether oxygens (including phenoxy) is 1. The molecule has 0 saturated carbocycles. The number of carboxylic acid groups (broad SMARTS) is 1. The van der Waals surface area contributed by atoms with E-state index in [1.807, 2.05) is 26.0 Å². The van der Waals surface area contributed by atoms with E-state index in [0.29, 0.717) is 6.61 Å². The van der Waals surface area contributed by atoms with Crippen LogP contribution in [0.15, 0.2) is 18.2 Å². The average Bonchev–Trinajstić information content (AvgIpc) is 2.20. The highest BCUT2D eigenvalue weighted by molar-refractivity contribution is 5.76. The predicted octanol–water partition coefficient (Wildman–Crippen LogP) is 2.58. The quantitative estimate of drug-likeness (QED) is 0.827. The molecule has 1 aromatic carbocycles. The monoisotopic (exact) mass is 208 g/mol. The third kappa shape index (κ3) is 2.72.